The molecule has 5 atom stereocenters. The zero-order chi connectivity index (χ0) is 18.5. The van der Waals surface area contributed by atoms with Gasteiger partial charge in [-0.05, 0) is 6.42 Å². The van der Waals surface area contributed by atoms with E-state index < -0.39 is 43.3 Å². The second kappa shape index (κ2) is 13.5. The summed E-state index contributed by atoms with van der Waals surface area (Å²) in [5, 5.41) is 56.0. The number of ether oxygens (including phenoxy) is 1. The highest BCUT2D eigenvalue weighted by Gasteiger charge is 2.35. The number of aliphatic hydroxyl groups is 6. The smallest absolute Gasteiger partial charge is 0.308 e. The maximum Gasteiger partial charge on any atom is 0.308 e. The van der Waals surface area contributed by atoms with Gasteiger partial charge in [0.25, 0.3) is 0 Å². The van der Waals surface area contributed by atoms with E-state index in [1.54, 1.807) is 0 Å². The van der Waals surface area contributed by atoms with Gasteiger partial charge in [-0.1, -0.05) is 45.4 Å². The summed E-state index contributed by atoms with van der Waals surface area (Å²) in [6.07, 6.45) is -2.38. The Morgan fingerprint density at radius 3 is 1.92 bits per heavy atom. The van der Waals surface area contributed by atoms with Crippen molar-refractivity contribution in [3.8, 4) is 0 Å². The molecule has 0 saturated heterocycles. The van der Waals surface area contributed by atoms with E-state index in [4.69, 9.17) is 10.2 Å². The molecule has 0 aliphatic rings. The van der Waals surface area contributed by atoms with Crippen LogP contribution in [0.1, 0.15) is 58.3 Å². The lowest BCUT2D eigenvalue weighted by molar-refractivity contribution is -0.213. The summed E-state index contributed by atoms with van der Waals surface area (Å²) in [6.45, 7) is 1.30. The van der Waals surface area contributed by atoms with E-state index in [9.17, 15) is 25.2 Å². The topological polar surface area (TPSA) is 148 Å². The van der Waals surface area contributed by atoms with Crippen LogP contribution in [0.15, 0.2) is 0 Å². The largest absolute Gasteiger partial charge is 0.433 e. The van der Waals surface area contributed by atoms with E-state index >= 15 is 0 Å². The van der Waals surface area contributed by atoms with Crippen LogP contribution in [0, 0.1) is 0 Å². The van der Waals surface area contributed by atoms with Gasteiger partial charge in [-0.25, -0.2) is 0 Å². The van der Waals surface area contributed by atoms with Gasteiger partial charge in [-0.3, -0.25) is 4.79 Å². The molecule has 0 aromatic rings. The highest BCUT2D eigenvalue weighted by molar-refractivity contribution is 5.69. The molecule has 8 heteroatoms. The number of carbonyl (C=O) groups is 1. The highest BCUT2D eigenvalue weighted by Crippen LogP contribution is 2.12. The lowest BCUT2D eigenvalue weighted by atomic mass is 10.0. The van der Waals surface area contributed by atoms with Crippen molar-refractivity contribution < 1.29 is 40.2 Å². The molecule has 8 nitrogen and oxygen atoms in total. The Balaban J connectivity index is 3.99. The Bertz CT molecular complexity index is 325. The van der Waals surface area contributed by atoms with Crippen molar-refractivity contribution in [2.45, 2.75) is 89.0 Å². The van der Waals surface area contributed by atoms with Gasteiger partial charge in [-0.15, -0.1) is 0 Å². The van der Waals surface area contributed by atoms with Gasteiger partial charge in [0.15, 0.2) is 0 Å². The summed E-state index contributed by atoms with van der Waals surface area (Å²) in [7, 11) is 0. The van der Waals surface area contributed by atoms with Crippen LogP contribution in [0.2, 0.25) is 0 Å². The zero-order valence-corrected chi connectivity index (χ0v) is 14.3. The average Bonchev–Trinajstić information content (AvgIpc) is 2.58. The molecule has 0 fully saturated rings. The third-order valence-electron chi connectivity index (χ3n) is 3.81. The monoisotopic (exact) mass is 352 g/mol. The van der Waals surface area contributed by atoms with Crippen molar-refractivity contribution >= 4 is 5.97 Å². The number of hydrogen-bond acceptors (Lipinski definition) is 8. The van der Waals surface area contributed by atoms with Crippen LogP contribution in [-0.4, -0.2) is 73.9 Å². The van der Waals surface area contributed by atoms with Gasteiger partial charge in [0.05, 0.1) is 6.61 Å². The van der Waals surface area contributed by atoms with Gasteiger partial charge in [0.1, 0.15) is 24.4 Å². The summed E-state index contributed by atoms with van der Waals surface area (Å²) < 4.78 is 4.59. The van der Waals surface area contributed by atoms with Crippen molar-refractivity contribution in [3.05, 3.63) is 0 Å². The predicted octanol–water partition coefficient (Wildman–Crippen LogP) is -0.575. The second-order valence-electron chi connectivity index (χ2n) is 5.97. The van der Waals surface area contributed by atoms with Crippen LogP contribution in [-0.2, 0) is 9.53 Å². The van der Waals surface area contributed by atoms with Crippen LogP contribution in [0.3, 0.4) is 0 Å². The molecule has 1 unspecified atom stereocenters. The van der Waals surface area contributed by atoms with Gasteiger partial charge >= 0.3 is 5.97 Å². The SMILES string of the molecule is CCCCCCCCCC(=O)OC(O)[C@@H](O)[C@@H](O)[C@H](O)[C@H](O)CO. The fraction of sp³-hybridized carbons (Fsp3) is 0.938. The summed E-state index contributed by atoms with van der Waals surface area (Å²) in [5.41, 5.74) is 0. The third-order valence-corrected chi connectivity index (χ3v) is 3.81. The Morgan fingerprint density at radius 1 is 0.833 bits per heavy atom. The van der Waals surface area contributed by atoms with E-state index in [1.165, 1.54) is 19.3 Å². The molecule has 144 valence electrons. The average molecular weight is 352 g/mol. The van der Waals surface area contributed by atoms with Crippen LogP contribution in [0.5, 0.6) is 0 Å². The molecule has 6 N–H and O–H groups in total. The molecule has 24 heavy (non-hydrogen) atoms. The van der Waals surface area contributed by atoms with Crippen molar-refractivity contribution in [1.29, 1.82) is 0 Å². The van der Waals surface area contributed by atoms with E-state index in [0.717, 1.165) is 19.3 Å². The summed E-state index contributed by atoms with van der Waals surface area (Å²) in [4.78, 5) is 11.5. The molecule has 0 rings (SSSR count). The van der Waals surface area contributed by atoms with Gasteiger partial charge in [0.2, 0.25) is 6.29 Å². The molecule has 0 spiro atoms. The first-order valence-electron chi connectivity index (χ1n) is 8.55. The molecule has 0 aromatic carbocycles. The first-order valence-corrected chi connectivity index (χ1v) is 8.55. The normalized spacial score (nSPS) is 17.8. The molecule has 0 aliphatic heterocycles. The number of rotatable bonds is 14. The molecular formula is C16H32O8. The lowest BCUT2D eigenvalue weighted by Gasteiger charge is -2.28. The first-order chi connectivity index (χ1) is 11.3. The van der Waals surface area contributed by atoms with Gasteiger partial charge < -0.3 is 35.4 Å². The molecular weight excluding hydrogens is 320 g/mol. The third kappa shape index (κ3) is 9.51. The summed E-state index contributed by atoms with van der Waals surface area (Å²) in [6, 6.07) is 0. The number of aliphatic hydroxyl groups excluding tert-OH is 6. The lowest BCUT2D eigenvalue weighted by Crippen LogP contribution is -2.50. The van der Waals surface area contributed by atoms with Gasteiger partial charge in [0, 0.05) is 6.42 Å². The molecule has 0 aliphatic carbocycles. The predicted molar refractivity (Wildman–Crippen MR) is 85.8 cm³/mol. The quantitative estimate of drug-likeness (QED) is 0.138. The van der Waals surface area contributed by atoms with E-state index in [-0.39, 0.29) is 6.42 Å². The van der Waals surface area contributed by atoms with E-state index in [0.29, 0.717) is 6.42 Å². The summed E-state index contributed by atoms with van der Waals surface area (Å²) >= 11 is 0. The van der Waals surface area contributed by atoms with Crippen molar-refractivity contribution in [2.24, 2.45) is 0 Å². The number of hydrogen-bond donors (Lipinski definition) is 6. The number of carbonyl (C=O) groups excluding carboxylic acids is 1. The minimum Gasteiger partial charge on any atom is -0.433 e. The van der Waals surface area contributed by atoms with Crippen LogP contribution < -0.4 is 0 Å². The second-order valence-corrected chi connectivity index (χ2v) is 5.97. The first kappa shape index (κ1) is 23.2. The minimum absolute atomic E-state index is 0.0788. The number of esters is 1. The fourth-order valence-electron chi connectivity index (χ4n) is 2.20. The zero-order valence-electron chi connectivity index (χ0n) is 14.3. The Morgan fingerprint density at radius 2 is 1.38 bits per heavy atom. The van der Waals surface area contributed by atoms with Crippen LogP contribution in [0.25, 0.3) is 0 Å². The maximum absolute atomic E-state index is 11.5. The molecule has 0 aromatic heterocycles. The van der Waals surface area contributed by atoms with Crippen molar-refractivity contribution in [2.75, 3.05) is 6.61 Å². The van der Waals surface area contributed by atoms with Crippen molar-refractivity contribution in [3.63, 3.8) is 0 Å². The van der Waals surface area contributed by atoms with E-state index in [1.807, 2.05) is 0 Å². The minimum atomic E-state index is -2.03. The Kier molecular flexibility index (Phi) is 13.1. The highest BCUT2D eigenvalue weighted by atomic mass is 16.6. The molecule has 0 amide bonds. The number of unbranched alkanes of at least 4 members (excludes halogenated alkanes) is 6. The Labute approximate surface area is 142 Å². The van der Waals surface area contributed by atoms with Crippen molar-refractivity contribution in [1.82, 2.24) is 0 Å². The standard InChI is InChI=1S/C16H32O8/c1-2-3-4-5-6-7-8-9-12(19)24-16(23)15(22)14(21)13(20)11(18)10-17/h11,13-18,20-23H,2-10H2,1H3/t11-,13-,14+,15+,16?/m1/s1. The van der Waals surface area contributed by atoms with Crippen LogP contribution >= 0.6 is 0 Å². The van der Waals surface area contributed by atoms with Gasteiger partial charge in [-0.2, -0.15) is 0 Å². The molecule has 0 radical (unpaired) electrons. The Hall–Kier alpha value is -0.770. The molecule has 0 saturated carbocycles. The van der Waals surface area contributed by atoms with E-state index in [2.05, 4.69) is 11.7 Å². The molecule has 0 heterocycles. The maximum atomic E-state index is 11.5. The molecule has 0 bridgehead atoms. The summed E-state index contributed by atoms with van der Waals surface area (Å²) in [5.74, 6) is -0.723. The fourth-order valence-corrected chi connectivity index (χ4v) is 2.20. The van der Waals surface area contributed by atoms with Crippen LogP contribution in [0.4, 0.5) is 0 Å².